The lowest BCUT2D eigenvalue weighted by Gasteiger charge is -2.27. The highest BCUT2D eigenvalue weighted by Gasteiger charge is 2.35. The van der Waals surface area contributed by atoms with Crippen molar-refractivity contribution in [2.45, 2.75) is 6.10 Å². The van der Waals surface area contributed by atoms with Crippen LogP contribution in [0.3, 0.4) is 0 Å². The van der Waals surface area contributed by atoms with Crippen molar-refractivity contribution in [1.82, 2.24) is 0 Å². The SMILES string of the molecule is COc1ccc(/C=C/CN)cc1OC1CS(=O)(=O)C1. The molecule has 2 N–H and O–H groups in total. The standard InChI is InChI=1S/C13H17NO4S/c1-17-12-5-4-10(3-2-6-14)7-13(12)18-11-8-19(15,16)9-11/h2-5,7,11H,6,8-9,14H2,1H3/b3-2+. The molecule has 1 aliphatic heterocycles. The first-order valence-corrected chi connectivity index (χ1v) is 7.78. The van der Waals surface area contributed by atoms with Crippen LogP contribution in [0.4, 0.5) is 0 Å². The summed E-state index contributed by atoms with van der Waals surface area (Å²) in [7, 11) is -1.34. The molecule has 5 nitrogen and oxygen atoms in total. The molecule has 1 aliphatic rings. The van der Waals surface area contributed by atoms with Crippen molar-refractivity contribution in [1.29, 1.82) is 0 Å². The van der Waals surface area contributed by atoms with Gasteiger partial charge in [-0.2, -0.15) is 0 Å². The Balaban J connectivity index is 2.15. The summed E-state index contributed by atoms with van der Waals surface area (Å²) in [4.78, 5) is 0. The first kappa shape index (κ1) is 13.9. The molecular formula is C13H17NO4S. The number of sulfone groups is 1. The average Bonchev–Trinajstić information content (AvgIpc) is 2.34. The zero-order valence-electron chi connectivity index (χ0n) is 10.7. The zero-order valence-corrected chi connectivity index (χ0v) is 11.5. The third-order valence-electron chi connectivity index (χ3n) is 2.81. The van der Waals surface area contributed by atoms with Crippen molar-refractivity contribution in [2.24, 2.45) is 5.73 Å². The van der Waals surface area contributed by atoms with Gasteiger partial charge >= 0.3 is 0 Å². The van der Waals surface area contributed by atoms with E-state index in [0.717, 1.165) is 5.56 Å². The highest BCUT2D eigenvalue weighted by molar-refractivity contribution is 7.92. The van der Waals surface area contributed by atoms with E-state index >= 15 is 0 Å². The molecule has 0 aromatic heterocycles. The molecule has 1 aromatic rings. The maximum Gasteiger partial charge on any atom is 0.162 e. The molecular weight excluding hydrogens is 266 g/mol. The Bertz CT molecular complexity index is 568. The van der Waals surface area contributed by atoms with Gasteiger partial charge in [0.2, 0.25) is 0 Å². The van der Waals surface area contributed by atoms with Gasteiger partial charge in [0, 0.05) is 6.54 Å². The van der Waals surface area contributed by atoms with Gasteiger partial charge in [0.05, 0.1) is 18.6 Å². The first-order valence-electron chi connectivity index (χ1n) is 5.96. The number of methoxy groups -OCH3 is 1. The summed E-state index contributed by atoms with van der Waals surface area (Å²) in [6.45, 7) is 0.461. The fourth-order valence-electron chi connectivity index (χ4n) is 1.86. The molecule has 0 amide bonds. The second-order valence-corrected chi connectivity index (χ2v) is 6.52. The van der Waals surface area contributed by atoms with Crippen molar-refractivity contribution in [3.63, 3.8) is 0 Å². The molecule has 6 heteroatoms. The number of hydrogen-bond acceptors (Lipinski definition) is 5. The van der Waals surface area contributed by atoms with Crippen LogP contribution >= 0.6 is 0 Å². The first-order chi connectivity index (χ1) is 9.04. The van der Waals surface area contributed by atoms with Gasteiger partial charge in [-0.25, -0.2) is 8.42 Å². The number of nitrogens with two attached hydrogens (primary N) is 1. The van der Waals surface area contributed by atoms with Crippen LogP contribution in [0.5, 0.6) is 11.5 Å². The van der Waals surface area contributed by atoms with Gasteiger partial charge in [-0.15, -0.1) is 0 Å². The van der Waals surface area contributed by atoms with Crippen LogP contribution in [-0.4, -0.2) is 39.7 Å². The van der Waals surface area contributed by atoms with Crippen molar-refractivity contribution in [3.8, 4) is 11.5 Å². The van der Waals surface area contributed by atoms with Crippen molar-refractivity contribution < 1.29 is 17.9 Å². The lowest BCUT2D eigenvalue weighted by molar-refractivity contribution is 0.219. The van der Waals surface area contributed by atoms with Crippen molar-refractivity contribution in [2.75, 3.05) is 25.2 Å². The molecule has 0 bridgehead atoms. The molecule has 1 heterocycles. The third-order valence-corrected chi connectivity index (χ3v) is 4.57. The van der Waals surface area contributed by atoms with E-state index in [2.05, 4.69) is 0 Å². The van der Waals surface area contributed by atoms with E-state index in [-0.39, 0.29) is 17.6 Å². The molecule has 0 atom stereocenters. The fraction of sp³-hybridized carbons (Fsp3) is 0.385. The lowest BCUT2D eigenvalue weighted by atomic mass is 10.2. The van der Waals surface area contributed by atoms with Gasteiger partial charge in [0.25, 0.3) is 0 Å². The Morgan fingerprint density at radius 3 is 2.68 bits per heavy atom. The van der Waals surface area contributed by atoms with Gasteiger partial charge in [-0.3, -0.25) is 0 Å². The maximum atomic E-state index is 11.1. The lowest BCUT2D eigenvalue weighted by Crippen LogP contribution is -2.45. The summed E-state index contributed by atoms with van der Waals surface area (Å²) in [5.74, 6) is 1.29. The molecule has 0 radical (unpaired) electrons. The summed E-state index contributed by atoms with van der Waals surface area (Å²) in [5, 5.41) is 0. The van der Waals surface area contributed by atoms with Gasteiger partial charge in [-0.05, 0) is 17.7 Å². The van der Waals surface area contributed by atoms with Crippen LogP contribution in [0.2, 0.25) is 0 Å². The highest BCUT2D eigenvalue weighted by Crippen LogP contribution is 2.31. The molecule has 1 fully saturated rings. The summed E-state index contributed by atoms with van der Waals surface area (Å²) in [6.07, 6.45) is 3.43. The predicted octanol–water partition coefficient (Wildman–Crippen LogP) is 0.843. The van der Waals surface area contributed by atoms with Crippen molar-refractivity contribution in [3.05, 3.63) is 29.8 Å². The number of rotatable bonds is 5. The summed E-state index contributed by atoms with van der Waals surface area (Å²) >= 11 is 0. The van der Waals surface area contributed by atoms with Gasteiger partial charge in [-0.1, -0.05) is 18.2 Å². The molecule has 1 saturated heterocycles. The van der Waals surface area contributed by atoms with Gasteiger partial charge < -0.3 is 15.2 Å². The van der Waals surface area contributed by atoms with Crippen LogP contribution in [0, 0.1) is 0 Å². The quantitative estimate of drug-likeness (QED) is 0.866. The minimum atomic E-state index is -2.89. The molecule has 104 valence electrons. The molecule has 0 aliphatic carbocycles. The molecule has 0 spiro atoms. The third kappa shape index (κ3) is 3.48. The second kappa shape index (κ2) is 5.63. The monoisotopic (exact) mass is 283 g/mol. The van der Waals surface area contributed by atoms with Crippen LogP contribution in [-0.2, 0) is 9.84 Å². The van der Waals surface area contributed by atoms with Gasteiger partial charge in [0.15, 0.2) is 21.3 Å². The van der Waals surface area contributed by atoms with E-state index in [4.69, 9.17) is 15.2 Å². The Labute approximate surface area is 112 Å². The topological polar surface area (TPSA) is 78.6 Å². The molecule has 19 heavy (non-hydrogen) atoms. The number of benzene rings is 1. The molecule has 0 saturated carbocycles. The van der Waals surface area contributed by atoms with Crippen molar-refractivity contribution >= 4 is 15.9 Å². The average molecular weight is 283 g/mol. The minimum absolute atomic E-state index is 0.0685. The summed E-state index contributed by atoms with van der Waals surface area (Å²) in [6, 6.07) is 5.49. The van der Waals surface area contributed by atoms with E-state index in [1.54, 1.807) is 13.2 Å². The van der Waals surface area contributed by atoms with E-state index in [1.165, 1.54) is 0 Å². The van der Waals surface area contributed by atoms with Gasteiger partial charge in [0.1, 0.15) is 6.10 Å². The molecule has 2 rings (SSSR count). The largest absolute Gasteiger partial charge is 0.493 e. The second-order valence-electron chi connectivity index (χ2n) is 4.37. The van der Waals surface area contributed by atoms with Crippen LogP contribution in [0.15, 0.2) is 24.3 Å². The van der Waals surface area contributed by atoms with Crippen LogP contribution in [0.1, 0.15) is 5.56 Å². The highest BCUT2D eigenvalue weighted by atomic mass is 32.2. The van der Waals surface area contributed by atoms with E-state index in [0.29, 0.717) is 18.0 Å². The zero-order chi connectivity index (χ0) is 13.9. The molecule has 1 aromatic carbocycles. The Morgan fingerprint density at radius 2 is 2.11 bits per heavy atom. The number of ether oxygens (including phenoxy) is 2. The Kier molecular flexibility index (Phi) is 4.11. The Morgan fingerprint density at radius 1 is 1.37 bits per heavy atom. The fourth-order valence-corrected chi connectivity index (χ4v) is 3.03. The van der Waals surface area contributed by atoms with E-state index in [9.17, 15) is 8.42 Å². The normalized spacial score (nSPS) is 18.2. The summed E-state index contributed by atoms with van der Waals surface area (Å²) < 4.78 is 33.1. The van der Waals surface area contributed by atoms with E-state index in [1.807, 2.05) is 24.3 Å². The Hall–Kier alpha value is -1.53. The van der Waals surface area contributed by atoms with E-state index < -0.39 is 9.84 Å². The summed E-state index contributed by atoms with van der Waals surface area (Å²) in [5.41, 5.74) is 6.34. The number of hydrogen-bond donors (Lipinski definition) is 1. The van der Waals surface area contributed by atoms with Crippen LogP contribution < -0.4 is 15.2 Å². The smallest absolute Gasteiger partial charge is 0.162 e. The predicted molar refractivity (Wildman–Crippen MR) is 74.2 cm³/mol. The maximum absolute atomic E-state index is 11.1. The minimum Gasteiger partial charge on any atom is -0.493 e. The molecule has 0 unspecified atom stereocenters. The van der Waals surface area contributed by atoms with Crippen LogP contribution in [0.25, 0.3) is 6.08 Å².